The molecule has 0 heterocycles. The van der Waals surface area contributed by atoms with E-state index in [2.05, 4.69) is 16.0 Å². The minimum Gasteiger partial charge on any atom is -0.497 e. The maximum Gasteiger partial charge on any atom is 0.251 e. The van der Waals surface area contributed by atoms with Crippen molar-refractivity contribution in [2.45, 2.75) is 32.1 Å². The van der Waals surface area contributed by atoms with Crippen LogP contribution in [-0.2, 0) is 4.79 Å². The molecule has 184 valence electrons. The van der Waals surface area contributed by atoms with Gasteiger partial charge in [-0.15, -0.1) is 0 Å². The number of carbonyl (C=O) groups excluding carboxylic acids is 2. The molecule has 1 unspecified atom stereocenters. The summed E-state index contributed by atoms with van der Waals surface area (Å²) in [5.41, 5.74) is 2.56. The largest absolute Gasteiger partial charge is 0.497 e. The van der Waals surface area contributed by atoms with Crippen molar-refractivity contribution in [1.82, 2.24) is 10.6 Å². The zero-order valence-electron chi connectivity index (χ0n) is 20.6. The molecule has 1 aliphatic rings. The Kier molecular flexibility index (Phi) is 9.62. The van der Waals surface area contributed by atoms with Crippen molar-refractivity contribution in [3.05, 3.63) is 54.1 Å². The average Bonchev–Trinajstić information content (AvgIpc) is 2.87. The van der Waals surface area contributed by atoms with Crippen molar-refractivity contribution in [2.24, 2.45) is 11.8 Å². The molecular weight excluding hydrogens is 428 g/mol. The number of anilines is 2. The van der Waals surface area contributed by atoms with E-state index in [4.69, 9.17) is 4.74 Å². The van der Waals surface area contributed by atoms with Crippen LogP contribution in [0.5, 0.6) is 5.75 Å². The lowest BCUT2D eigenvalue weighted by Gasteiger charge is -2.29. The summed E-state index contributed by atoms with van der Waals surface area (Å²) >= 11 is 0. The fraction of sp³-hybridized carbons (Fsp3) is 0.481. The topological polar surface area (TPSA) is 82.7 Å². The van der Waals surface area contributed by atoms with Gasteiger partial charge in [-0.2, -0.15) is 0 Å². The summed E-state index contributed by atoms with van der Waals surface area (Å²) in [6, 6.07) is 15.2. The van der Waals surface area contributed by atoms with E-state index in [1.807, 2.05) is 67.5 Å². The lowest BCUT2D eigenvalue weighted by Crippen LogP contribution is -2.44. The van der Waals surface area contributed by atoms with Crippen LogP contribution in [0.25, 0.3) is 0 Å². The van der Waals surface area contributed by atoms with Crippen molar-refractivity contribution >= 4 is 23.2 Å². The SMILES string of the molecule is COc1ccc(NCCNC(=O)C(CNC(=O)c2cccc(N(C)C)c2)C2CCCCC2)cc1. The monoisotopic (exact) mass is 466 g/mol. The minimum absolute atomic E-state index is 0.0192. The predicted molar refractivity (Wildman–Crippen MR) is 138 cm³/mol. The normalized spacial score (nSPS) is 14.7. The summed E-state index contributed by atoms with van der Waals surface area (Å²) < 4.78 is 5.18. The summed E-state index contributed by atoms with van der Waals surface area (Å²) in [5, 5.41) is 9.41. The average molecular weight is 467 g/mol. The van der Waals surface area contributed by atoms with Crippen LogP contribution in [-0.4, -0.2) is 52.7 Å². The fourth-order valence-electron chi connectivity index (χ4n) is 4.47. The number of nitrogens with zero attached hydrogens (tertiary/aromatic N) is 1. The van der Waals surface area contributed by atoms with E-state index in [1.165, 1.54) is 6.42 Å². The first kappa shape index (κ1) is 25.4. The molecule has 0 saturated heterocycles. The van der Waals surface area contributed by atoms with Crippen molar-refractivity contribution in [2.75, 3.05) is 51.1 Å². The van der Waals surface area contributed by atoms with Crippen LogP contribution in [0.3, 0.4) is 0 Å². The Bertz CT molecular complexity index is 924. The van der Waals surface area contributed by atoms with Gasteiger partial charge in [0, 0.05) is 50.7 Å². The molecule has 1 aliphatic carbocycles. The molecule has 2 aromatic carbocycles. The number of methoxy groups -OCH3 is 1. The van der Waals surface area contributed by atoms with Gasteiger partial charge in [-0.3, -0.25) is 9.59 Å². The van der Waals surface area contributed by atoms with Crippen LogP contribution < -0.4 is 25.6 Å². The lowest BCUT2D eigenvalue weighted by atomic mass is 9.79. The Morgan fingerprint density at radius 2 is 1.74 bits per heavy atom. The van der Waals surface area contributed by atoms with Gasteiger partial charge in [-0.25, -0.2) is 0 Å². The summed E-state index contributed by atoms with van der Waals surface area (Å²) in [6.45, 7) is 1.50. The van der Waals surface area contributed by atoms with E-state index in [1.54, 1.807) is 7.11 Å². The van der Waals surface area contributed by atoms with Crippen molar-refractivity contribution in [3.8, 4) is 5.75 Å². The standard InChI is InChI=1S/C27H38N4O3/c1-31(2)23-11-7-10-21(18-23)26(32)30-19-25(20-8-5-4-6-9-20)27(33)29-17-16-28-22-12-14-24(34-3)15-13-22/h7,10-15,18,20,25,28H,4-6,8-9,16-17,19H2,1-3H3,(H,29,33)(H,30,32). The van der Waals surface area contributed by atoms with E-state index < -0.39 is 0 Å². The van der Waals surface area contributed by atoms with Crippen molar-refractivity contribution < 1.29 is 14.3 Å². The number of carbonyl (C=O) groups is 2. The third kappa shape index (κ3) is 7.40. The molecular formula is C27H38N4O3. The highest BCUT2D eigenvalue weighted by Crippen LogP contribution is 2.30. The molecule has 2 amide bonds. The van der Waals surface area contributed by atoms with Gasteiger partial charge in [0.05, 0.1) is 13.0 Å². The molecule has 3 N–H and O–H groups in total. The first-order valence-corrected chi connectivity index (χ1v) is 12.2. The third-order valence-electron chi connectivity index (χ3n) is 6.51. The minimum atomic E-state index is -0.220. The van der Waals surface area contributed by atoms with Crippen LogP contribution in [0.2, 0.25) is 0 Å². The maximum atomic E-state index is 13.1. The molecule has 7 heteroatoms. The maximum absolute atomic E-state index is 13.1. The third-order valence-corrected chi connectivity index (χ3v) is 6.51. The highest BCUT2D eigenvalue weighted by atomic mass is 16.5. The highest BCUT2D eigenvalue weighted by Gasteiger charge is 2.29. The van der Waals surface area contributed by atoms with Gasteiger partial charge in [-0.1, -0.05) is 25.3 Å². The second kappa shape index (κ2) is 12.9. The van der Waals surface area contributed by atoms with Gasteiger partial charge < -0.3 is 25.6 Å². The zero-order chi connectivity index (χ0) is 24.3. The Labute approximate surface area is 203 Å². The number of ether oxygens (including phenoxy) is 1. The van der Waals surface area contributed by atoms with Crippen LogP contribution in [0.1, 0.15) is 42.5 Å². The Morgan fingerprint density at radius 1 is 1.00 bits per heavy atom. The number of benzene rings is 2. The quantitative estimate of drug-likeness (QED) is 0.437. The molecule has 1 atom stereocenters. The van der Waals surface area contributed by atoms with Gasteiger partial charge in [0.15, 0.2) is 0 Å². The van der Waals surface area contributed by atoms with E-state index in [0.29, 0.717) is 31.1 Å². The summed E-state index contributed by atoms with van der Waals surface area (Å²) in [6.07, 6.45) is 5.58. The second-order valence-corrected chi connectivity index (χ2v) is 9.11. The first-order chi connectivity index (χ1) is 16.5. The molecule has 2 aromatic rings. The van der Waals surface area contributed by atoms with E-state index in [9.17, 15) is 9.59 Å². The molecule has 34 heavy (non-hydrogen) atoms. The second-order valence-electron chi connectivity index (χ2n) is 9.11. The van der Waals surface area contributed by atoms with E-state index in [0.717, 1.165) is 42.8 Å². The molecule has 1 fully saturated rings. The number of hydrogen-bond acceptors (Lipinski definition) is 5. The predicted octanol–water partition coefficient (Wildman–Crippen LogP) is 3.92. The molecule has 1 saturated carbocycles. The molecule has 3 rings (SSSR count). The van der Waals surface area contributed by atoms with Crippen LogP contribution in [0.15, 0.2) is 48.5 Å². The van der Waals surface area contributed by atoms with Gasteiger partial charge >= 0.3 is 0 Å². The Hall–Kier alpha value is -3.22. The van der Waals surface area contributed by atoms with Crippen LogP contribution >= 0.6 is 0 Å². The van der Waals surface area contributed by atoms with Gasteiger partial charge in [0.25, 0.3) is 5.91 Å². The first-order valence-electron chi connectivity index (χ1n) is 12.2. The lowest BCUT2D eigenvalue weighted by molar-refractivity contribution is -0.126. The molecule has 0 spiro atoms. The Balaban J connectivity index is 1.53. The summed E-state index contributed by atoms with van der Waals surface area (Å²) in [5.74, 6) is 0.771. The molecule has 0 bridgehead atoms. The smallest absolute Gasteiger partial charge is 0.251 e. The molecule has 0 aliphatic heterocycles. The number of rotatable bonds is 11. The van der Waals surface area contributed by atoms with Gasteiger partial charge in [0.2, 0.25) is 5.91 Å². The van der Waals surface area contributed by atoms with Crippen LogP contribution in [0.4, 0.5) is 11.4 Å². The van der Waals surface area contributed by atoms with Gasteiger partial charge in [-0.05, 0) is 61.2 Å². The van der Waals surface area contributed by atoms with Gasteiger partial charge in [0.1, 0.15) is 5.75 Å². The van der Waals surface area contributed by atoms with E-state index >= 15 is 0 Å². The molecule has 7 nitrogen and oxygen atoms in total. The molecule has 0 radical (unpaired) electrons. The molecule has 0 aromatic heterocycles. The fourth-order valence-corrected chi connectivity index (χ4v) is 4.47. The van der Waals surface area contributed by atoms with Crippen molar-refractivity contribution in [1.29, 1.82) is 0 Å². The van der Waals surface area contributed by atoms with Crippen LogP contribution in [0, 0.1) is 11.8 Å². The number of amides is 2. The number of nitrogens with one attached hydrogen (secondary N) is 3. The summed E-state index contributed by atoms with van der Waals surface area (Å²) in [7, 11) is 5.54. The highest BCUT2D eigenvalue weighted by molar-refractivity contribution is 5.95. The summed E-state index contributed by atoms with van der Waals surface area (Å²) in [4.78, 5) is 27.9. The Morgan fingerprint density at radius 3 is 2.41 bits per heavy atom. The zero-order valence-corrected chi connectivity index (χ0v) is 20.6. The van der Waals surface area contributed by atoms with Crippen molar-refractivity contribution in [3.63, 3.8) is 0 Å². The number of hydrogen-bond donors (Lipinski definition) is 3. The van der Waals surface area contributed by atoms with E-state index in [-0.39, 0.29) is 17.7 Å².